The third-order valence-corrected chi connectivity index (χ3v) is 7.24. The molecule has 0 bridgehead atoms. The van der Waals surface area contributed by atoms with Crippen molar-refractivity contribution in [2.75, 3.05) is 4.72 Å². The van der Waals surface area contributed by atoms with Gasteiger partial charge in [-0.1, -0.05) is 26.8 Å². The Labute approximate surface area is 175 Å². The summed E-state index contributed by atoms with van der Waals surface area (Å²) in [5.41, 5.74) is 2.20. The van der Waals surface area contributed by atoms with Crippen LogP contribution in [-0.2, 0) is 22.9 Å². The number of aryl methyl sites for hydroxylation is 1. The molecular weight excluding hydrogens is 404 g/mol. The molecule has 0 amide bonds. The van der Waals surface area contributed by atoms with Crippen LogP contribution in [0.25, 0.3) is 11.0 Å². The predicted molar refractivity (Wildman–Crippen MR) is 115 cm³/mol. The molecule has 30 heavy (non-hydrogen) atoms. The van der Waals surface area contributed by atoms with Crippen LogP contribution in [0.5, 0.6) is 0 Å². The molecule has 1 N–H and O–H groups in total. The zero-order valence-corrected chi connectivity index (χ0v) is 18.0. The molecule has 0 saturated carbocycles. The number of nitro groups is 1. The Bertz CT molecular complexity index is 1240. The first-order chi connectivity index (χ1) is 14.0. The normalized spacial score (nSPS) is 17.0. The second-order valence-electron chi connectivity index (χ2n) is 8.88. The fraction of sp³-hybridized carbons (Fsp3) is 0.364. The topological polar surface area (TPSA) is 102 Å². The van der Waals surface area contributed by atoms with E-state index in [9.17, 15) is 18.5 Å². The van der Waals surface area contributed by atoms with Gasteiger partial charge in [0.05, 0.1) is 9.82 Å². The molecule has 158 valence electrons. The summed E-state index contributed by atoms with van der Waals surface area (Å²) < 4.78 is 34.1. The maximum Gasteiger partial charge on any atom is 0.270 e. The van der Waals surface area contributed by atoms with Gasteiger partial charge in [-0.05, 0) is 48.4 Å². The number of sulfonamides is 1. The molecule has 3 aromatic rings. The first-order valence-electron chi connectivity index (χ1n) is 9.86. The van der Waals surface area contributed by atoms with Gasteiger partial charge in [0.15, 0.2) is 0 Å². The Kier molecular flexibility index (Phi) is 4.85. The van der Waals surface area contributed by atoms with Gasteiger partial charge < -0.3 is 4.42 Å². The molecule has 4 rings (SSSR count). The minimum absolute atomic E-state index is 0.154. The van der Waals surface area contributed by atoms with E-state index in [1.54, 1.807) is 18.2 Å². The van der Waals surface area contributed by atoms with E-state index < -0.39 is 14.9 Å². The molecule has 0 fully saturated rings. The van der Waals surface area contributed by atoms with Crippen LogP contribution in [0.3, 0.4) is 0 Å². The van der Waals surface area contributed by atoms with E-state index in [4.69, 9.17) is 4.42 Å². The molecule has 0 radical (unpaired) electrons. The SMILES string of the molecule is CC(C)(C)C1CCc2oc3ccc(NS(=O)(=O)c4cccc([N+](=O)[O-])c4)cc3c2C1. The Morgan fingerprint density at radius 2 is 1.93 bits per heavy atom. The molecule has 1 aliphatic rings. The average Bonchev–Trinajstić information content (AvgIpc) is 3.04. The Balaban J connectivity index is 1.68. The van der Waals surface area contributed by atoms with Gasteiger partial charge in [-0.2, -0.15) is 0 Å². The Hall–Kier alpha value is -2.87. The van der Waals surface area contributed by atoms with Crippen LogP contribution < -0.4 is 4.72 Å². The molecule has 7 nitrogen and oxygen atoms in total. The van der Waals surface area contributed by atoms with Crippen molar-refractivity contribution in [2.24, 2.45) is 11.3 Å². The van der Waals surface area contributed by atoms with Crippen LogP contribution in [0.4, 0.5) is 11.4 Å². The molecule has 1 heterocycles. The molecule has 1 aromatic heterocycles. The van der Waals surface area contributed by atoms with Crippen molar-refractivity contribution >= 4 is 32.4 Å². The maximum atomic E-state index is 12.8. The highest BCUT2D eigenvalue weighted by atomic mass is 32.2. The summed E-state index contributed by atoms with van der Waals surface area (Å²) in [5, 5.41) is 11.9. The van der Waals surface area contributed by atoms with E-state index in [0.29, 0.717) is 11.6 Å². The highest BCUT2D eigenvalue weighted by Crippen LogP contribution is 2.41. The first-order valence-corrected chi connectivity index (χ1v) is 11.3. The number of fused-ring (bicyclic) bond motifs is 3. The number of hydrogen-bond donors (Lipinski definition) is 1. The molecule has 0 spiro atoms. The fourth-order valence-electron chi connectivity index (χ4n) is 4.06. The van der Waals surface area contributed by atoms with Crippen molar-refractivity contribution in [1.82, 2.24) is 0 Å². The number of nitro benzene ring substituents is 1. The van der Waals surface area contributed by atoms with E-state index in [1.807, 2.05) is 0 Å². The molecule has 1 unspecified atom stereocenters. The summed E-state index contributed by atoms with van der Waals surface area (Å²) >= 11 is 0. The third-order valence-electron chi connectivity index (χ3n) is 5.86. The quantitative estimate of drug-likeness (QED) is 0.449. The number of hydrogen-bond acceptors (Lipinski definition) is 5. The van der Waals surface area contributed by atoms with Gasteiger partial charge in [-0.25, -0.2) is 8.42 Å². The van der Waals surface area contributed by atoms with Crippen molar-refractivity contribution < 1.29 is 17.8 Å². The van der Waals surface area contributed by atoms with Crippen molar-refractivity contribution in [3.8, 4) is 0 Å². The molecule has 1 atom stereocenters. The van der Waals surface area contributed by atoms with Gasteiger partial charge in [0.25, 0.3) is 15.7 Å². The first kappa shape index (κ1) is 20.4. The Morgan fingerprint density at radius 3 is 2.63 bits per heavy atom. The van der Waals surface area contributed by atoms with Crippen LogP contribution in [0.1, 0.15) is 38.5 Å². The lowest BCUT2D eigenvalue weighted by atomic mass is 9.71. The molecule has 1 aliphatic carbocycles. The van der Waals surface area contributed by atoms with Crippen molar-refractivity contribution in [3.05, 3.63) is 63.9 Å². The lowest BCUT2D eigenvalue weighted by Gasteiger charge is -2.33. The number of furan rings is 1. The molecule has 2 aromatic carbocycles. The molecular formula is C22H24N2O5S. The largest absolute Gasteiger partial charge is 0.461 e. The van der Waals surface area contributed by atoms with Gasteiger partial charge >= 0.3 is 0 Å². The summed E-state index contributed by atoms with van der Waals surface area (Å²) in [5.74, 6) is 1.50. The maximum absolute atomic E-state index is 12.8. The summed E-state index contributed by atoms with van der Waals surface area (Å²) in [4.78, 5) is 10.2. The van der Waals surface area contributed by atoms with Gasteiger partial charge in [0.2, 0.25) is 0 Å². The third kappa shape index (κ3) is 3.79. The number of non-ortho nitro benzene ring substituents is 1. The summed E-state index contributed by atoms with van der Waals surface area (Å²) in [6.45, 7) is 6.72. The zero-order chi connectivity index (χ0) is 21.7. The Morgan fingerprint density at radius 1 is 1.17 bits per heavy atom. The van der Waals surface area contributed by atoms with Gasteiger partial charge in [-0.15, -0.1) is 0 Å². The van der Waals surface area contributed by atoms with E-state index in [0.717, 1.165) is 47.6 Å². The minimum Gasteiger partial charge on any atom is -0.461 e. The zero-order valence-electron chi connectivity index (χ0n) is 17.1. The van der Waals surface area contributed by atoms with Crippen molar-refractivity contribution in [3.63, 3.8) is 0 Å². The summed E-state index contributed by atoms with van der Waals surface area (Å²) in [6, 6.07) is 10.2. The van der Waals surface area contributed by atoms with E-state index in [-0.39, 0.29) is 16.0 Å². The second kappa shape index (κ2) is 7.12. The van der Waals surface area contributed by atoms with E-state index in [1.165, 1.54) is 18.2 Å². The van der Waals surface area contributed by atoms with Gasteiger partial charge in [-0.3, -0.25) is 14.8 Å². The predicted octanol–water partition coefficient (Wildman–Crippen LogP) is 5.29. The van der Waals surface area contributed by atoms with Crippen LogP contribution >= 0.6 is 0 Å². The minimum atomic E-state index is -3.96. The van der Waals surface area contributed by atoms with Crippen LogP contribution in [-0.4, -0.2) is 13.3 Å². The van der Waals surface area contributed by atoms with E-state index in [2.05, 4.69) is 25.5 Å². The lowest BCUT2D eigenvalue weighted by molar-refractivity contribution is -0.385. The number of benzene rings is 2. The second-order valence-corrected chi connectivity index (χ2v) is 10.6. The van der Waals surface area contributed by atoms with E-state index >= 15 is 0 Å². The lowest BCUT2D eigenvalue weighted by Crippen LogP contribution is -2.26. The fourth-order valence-corrected chi connectivity index (χ4v) is 5.15. The number of anilines is 1. The van der Waals surface area contributed by atoms with Crippen molar-refractivity contribution in [2.45, 2.75) is 44.9 Å². The molecule has 8 heteroatoms. The monoisotopic (exact) mass is 428 g/mol. The van der Waals surface area contributed by atoms with Gasteiger partial charge in [0, 0.05) is 35.2 Å². The smallest absolute Gasteiger partial charge is 0.270 e. The van der Waals surface area contributed by atoms with Crippen LogP contribution in [0.15, 0.2) is 51.8 Å². The summed E-state index contributed by atoms with van der Waals surface area (Å²) in [7, 11) is -3.96. The highest BCUT2D eigenvalue weighted by molar-refractivity contribution is 7.92. The standard InChI is InChI=1S/C22H24N2O5S/c1-22(2,3)14-7-9-20-18(11-14)19-12-15(8-10-21(19)29-20)23-30(27,28)17-6-4-5-16(13-17)24(25)26/h4-6,8,10,12-14,23H,7,9,11H2,1-3H3. The number of nitrogens with zero attached hydrogens (tertiary/aromatic N) is 1. The number of rotatable bonds is 4. The van der Waals surface area contributed by atoms with Gasteiger partial charge in [0.1, 0.15) is 11.3 Å². The highest BCUT2D eigenvalue weighted by Gasteiger charge is 2.31. The van der Waals surface area contributed by atoms with Crippen LogP contribution in [0, 0.1) is 21.4 Å². The summed E-state index contributed by atoms with van der Waals surface area (Å²) in [6.07, 6.45) is 2.84. The van der Waals surface area contributed by atoms with Crippen LogP contribution in [0.2, 0.25) is 0 Å². The molecule has 0 saturated heterocycles. The molecule has 0 aliphatic heterocycles. The number of nitrogens with one attached hydrogen (secondary N) is 1. The average molecular weight is 429 g/mol. The van der Waals surface area contributed by atoms with Crippen molar-refractivity contribution in [1.29, 1.82) is 0 Å².